The Morgan fingerprint density at radius 2 is 2.07 bits per heavy atom. The number of aromatic nitrogens is 2. The van der Waals surface area contributed by atoms with Crippen molar-refractivity contribution in [3.8, 4) is 0 Å². The van der Waals surface area contributed by atoms with Crippen molar-refractivity contribution in [2.24, 2.45) is 7.05 Å². The van der Waals surface area contributed by atoms with Crippen molar-refractivity contribution in [2.45, 2.75) is 25.6 Å². The molecule has 0 spiro atoms. The summed E-state index contributed by atoms with van der Waals surface area (Å²) in [5.41, 5.74) is -0.643. The fourth-order valence-electron chi connectivity index (χ4n) is 2.64. The van der Waals surface area contributed by atoms with Gasteiger partial charge >= 0.3 is 6.18 Å². The lowest BCUT2D eigenvalue weighted by molar-refractivity contribution is -0.144. The van der Waals surface area contributed by atoms with Gasteiger partial charge in [-0.15, -0.1) is 0 Å². The SMILES string of the molecule is CON(C(=O)c1cn(C)nc1C(F)(F)F)C(CF)Cc1ccc(C)cc1Cl. The molecule has 1 amide bonds. The summed E-state index contributed by atoms with van der Waals surface area (Å²) < 4.78 is 53.9. The highest BCUT2D eigenvalue weighted by atomic mass is 35.5. The summed E-state index contributed by atoms with van der Waals surface area (Å²) in [5.74, 6) is -1.14. The van der Waals surface area contributed by atoms with E-state index in [4.69, 9.17) is 16.4 Å². The number of benzene rings is 1. The molecule has 0 fully saturated rings. The molecule has 10 heteroatoms. The molecule has 27 heavy (non-hydrogen) atoms. The fourth-order valence-corrected chi connectivity index (χ4v) is 2.95. The molecule has 1 aromatic heterocycles. The number of hydroxylamine groups is 2. The Bertz CT molecular complexity index is 823. The van der Waals surface area contributed by atoms with Gasteiger partial charge in [-0.3, -0.25) is 14.3 Å². The number of nitrogens with zero attached hydrogens (tertiary/aromatic N) is 3. The summed E-state index contributed by atoms with van der Waals surface area (Å²) in [6.07, 6.45) is -3.95. The third-order valence-electron chi connectivity index (χ3n) is 3.90. The summed E-state index contributed by atoms with van der Waals surface area (Å²) in [5, 5.41) is 4.24. The van der Waals surface area contributed by atoms with E-state index in [1.165, 1.54) is 7.05 Å². The first-order valence-electron chi connectivity index (χ1n) is 7.88. The molecule has 1 heterocycles. The van der Waals surface area contributed by atoms with Gasteiger partial charge in [-0.05, 0) is 30.5 Å². The maximum atomic E-state index is 13.6. The first-order valence-corrected chi connectivity index (χ1v) is 8.25. The van der Waals surface area contributed by atoms with E-state index in [1.54, 1.807) is 18.2 Å². The summed E-state index contributed by atoms with van der Waals surface area (Å²) >= 11 is 6.13. The maximum absolute atomic E-state index is 13.6. The van der Waals surface area contributed by atoms with Crippen LogP contribution < -0.4 is 0 Å². The molecular weight excluding hydrogens is 390 g/mol. The van der Waals surface area contributed by atoms with Crippen molar-refractivity contribution in [2.75, 3.05) is 13.8 Å². The molecule has 1 aromatic carbocycles. The molecular formula is C17H18ClF4N3O2. The monoisotopic (exact) mass is 407 g/mol. The van der Waals surface area contributed by atoms with Crippen LogP contribution in [0.1, 0.15) is 27.2 Å². The largest absolute Gasteiger partial charge is 0.435 e. The quantitative estimate of drug-likeness (QED) is 0.537. The number of carbonyl (C=O) groups excluding carboxylic acids is 1. The molecule has 1 unspecified atom stereocenters. The number of amides is 1. The van der Waals surface area contributed by atoms with Crippen LogP contribution in [0.15, 0.2) is 24.4 Å². The standard InChI is InChI=1S/C17H18ClF4N3O2/c1-10-4-5-11(14(18)6-10)7-12(8-19)25(27-3)16(26)13-9-24(2)23-15(13)17(20,21)22/h4-6,9,12H,7-8H2,1-3H3. The number of halogens is 5. The predicted octanol–water partition coefficient (Wildman–Crippen LogP) is 3.99. The van der Waals surface area contributed by atoms with Crippen LogP contribution in [0.5, 0.6) is 0 Å². The molecule has 0 saturated heterocycles. The molecule has 0 aliphatic rings. The Balaban J connectivity index is 2.34. The van der Waals surface area contributed by atoms with Crippen LogP contribution >= 0.6 is 11.6 Å². The minimum Gasteiger partial charge on any atom is -0.274 e. The zero-order valence-electron chi connectivity index (χ0n) is 14.8. The molecule has 2 aromatic rings. The number of rotatable bonds is 6. The van der Waals surface area contributed by atoms with Crippen LogP contribution in [-0.2, 0) is 24.5 Å². The van der Waals surface area contributed by atoms with Gasteiger partial charge in [-0.2, -0.15) is 18.3 Å². The summed E-state index contributed by atoms with van der Waals surface area (Å²) in [6.45, 7) is 0.791. The van der Waals surface area contributed by atoms with Gasteiger partial charge < -0.3 is 0 Å². The summed E-state index contributed by atoms with van der Waals surface area (Å²) in [6, 6.07) is 3.94. The second kappa shape index (κ2) is 8.26. The van der Waals surface area contributed by atoms with E-state index in [0.717, 1.165) is 23.6 Å². The van der Waals surface area contributed by atoms with E-state index in [2.05, 4.69) is 5.10 Å². The van der Waals surface area contributed by atoms with Gasteiger partial charge in [0.05, 0.1) is 18.7 Å². The molecule has 0 radical (unpaired) electrons. The van der Waals surface area contributed by atoms with Crippen molar-refractivity contribution >= 4 is 17.5 Å². The molecule has 0 saturated carbocycles. The number of hydrogen-bond donors (Lipinski definition) is 0. The van der Waals surface area contributed by atoms with Crippen LogP contribution in [0.4, 0.5) is 17.6 Å². The number of aryl methyl sites for hydroxylation is 2. The predicted molar refractivity (Wildman–Crippen MR) is 91.0 cm³/mol. The number of hydrogen-bond acceptors (Lipinski definition) is 3. The van der Waals surface area contributed by atoms with Crippen LogP contribution in [0.3, 0.4) is 0 Å². The highest BCUT2D eigenvalue weighted by molar-refractivity contribution is 6.31. The molecule has 0 aliphatic carbocycles. The van der Waals surface area contributed by atoms with Crippen molar-refractivity contribution in [1.82, 2.24) is 14.8 Å². The van der Waals surface area contributed by atoms with Crippen molar-refractivity contribution in [3.63, 3.8) is 0 Å². The Kier molecular flexibility index (Phi) is 6.48. The Morgan fingerprint density at radius 3 is 2.59 bits per heavy atom. The normalized spacial score (nSPS) is 12.9. The molecule has 0 N–H and O–H groups in total. The first kappa shape index (κ1) is 21.2. The van der Waals surface area contributed by atoms with Gasteiger partial charge in [-0.1, -0.05) is 23.7 Å². The zero-order valence-corrected chi connectivity index (χ0v) is 15.6. The van der Waals surface area contributed by atoms with Crippen molar-refractivity contribution in [3.05, 3.63) is 51.8 Å². The smallest absolute Gasteiger partial charge is 0.274 e. The van der Waals surface area contributed by atoms with Gasteiger partial charge in [0.2, 0.25) is 0 Å². The Morgan fingerprint density at radius 1 is 1.41 bits per heavy atom. The lowest BCUT2D eigenvalue weighted by Gasteiger charge is -2.27. The number of alkyl halides is 4. The number of carbonyl (C=O) groups is 1. The van der Waals surface area contributed by atoms with Gasteiger partial charge in [0, 0.05) is 18.3 Å². The maximum Gasteiger partial charge on any atom is 0.435 e. The highest BCUT2D eigenvalue weighted by Gasteiger charge is 2.41. The van der Waals surface area contributed by atoms with Crippen LogP contribution in [0.2, 0.25) is 5.02 Å². The fraction of sp³-hybridized carbons (Fsp3) is 0.412. The third-order valence-corrected chi connectivity index (χ3v) is 4.25. The lowest BCUT2D eigenvalue weighted by atomic mass is 10.0. The molecule has 0 bridgehead atoms. The van der Waals surface area contributed by atoms with Crippen LogP contribution in [0, 0.1) is 6.92 Å². The van der Waals surface area contributed by atoms with E-state index in [9.17, 15) is 22.4 Å². The minimum absolute atomic E-state index is 0.0309. The third kappa shape index (κ3) is 4.78. The molecule has 5 nitrogen and oxygen atoms in total. The van der Waals surface area contributed by atoms with Crippen LogP contribution in [0.25, 0.3) is 0 Å². The van der Waals surface area contributed by atoms with E-state index in [0.29, 0.717) is 15.6 Å². The van der Waals surface area contributed by atoms with Gasteiger partial charge in [-0.25, -0.2) is 9.45 Å². The van der Waals surface area contributed by atoms with Crippen LogP contribution in [-0.4, -0.2) is 40.6 Å². The van der Waals surface area contributed by atoms with E-state index < -0.39 is 36.1 Å². The van der Waals surface area contributed by atoms with Crippen molar-refractivity contribution in [1.29, 1.82) is 0 Å². The highest BCUT2D eigenvalue weighted by Crippen LogP contribution is 2.31. The average Bonchev–Trinajstić information content (AvgIpc) is 2.98. The molecule has 148 valence electrons. The molecule has 2 rings (SSSR count). The second-order valence-corrected chi connectivity index (χ2v) is 6.39. The average molecular weight is 408 g/mol. The Hall–Kier alpha value is -2.13. The summed E-state index contributed by atoms with van der Waals surface area (Å²) in [4.78, 5) is 17.6. The molecule has 1 atom stereocenters. The Labute approximate surface area is 158 Å². The van der Waals surface area contributed by atoms with E-state index in [1.807, 2.05) is 6.92 Å². The lowest BCUT2D eigenvalue weighted by Crippen LogP contribution is -2.42. The van der Waals surface area contributed by atoms with E-state index in [-0.39, 0.29) is 6.42 Å². The van der Waals surface area contributed by atoms with Crippen molar-refractivity contribution < 1.29 is 27.2 Å². The van der Waals surface area contributed by atoms with E-state index >= 15 is 0 Å². The first-order chi connectivity index (χ1) is 12.6. The van der Waals surface area contributed by atoms with Gasteiger partial charge in [0.25, 0.3) is 5.91 Å². The van der Waals surface area contributed by atoms with Gasteiger partial charge in [0.1, 0.15) is 6.67 Å². The zero-order chi connectivity index (χ0) is 20.4. The van der Waals surface area contributed by atoms with Gasteiger partial charge in [0.15, 0.2) is 5.69 Å². The second-order valence-electron chi connectivity index (χ2n) is 5.98. The topological polar surface area (TPSA) is 47.4 Å². The summed E-state index contributed by atoms with van der Waals surface area (Å²) in [7, 11) is 2.34. The molecule has 0 aliphatic heterocycles. The minimum atomic E-state index is -4.84.